The fourth-order valence-electron chi connectivity index (χ4n) is 3.12. The molecule has 0 aliphatic carbocycles. The molecule has 1 fully saturated rings. The van der Waals surface area contributed by atoms with E-state index in [0.29, 0.717) is 37.3 Å². The number of piperazine rings is 1. The Kier molecular flexibility index (Phi) is 4.91. The van der Waals surface area contributed by atoms with Gasteiger partial charge >= 0.3 is 5.76 Å². The zero-order valence-corrected chi connectivity index (χ0v) is 15.7. The lowest BCUT2D eigenvalue weighted by molar-refractivity contribution is -0.125. The Morgan fingerprint density at radius 1 is 1.23 bits per heavy atom. The Labute approximate surface area is 151 Å². The number of carbonyl (C=O) groups is 1. The quantitative estimate of drug-likeness (QED) is 0.770. The van der Waals surface area contributed by atoms with Crippen molar-refractivity contribution in [2.24, 2.45) is 7.05 Å². The van der Waals surface area contributed by atoms with E-state index < -0.39 is 15.8 Å². The van der Waals surface area contributed by atoms with Crippen molar-refractivity contribution in [1.82, 2.24) is 19.1 Å². The van der Waals surface area contributed by atoms with Crippen molar-refractivity contribution in [3.05, 3.63) is 28.7 Å². The maximum Gasteiger partial charge on any atom is 0.419 e. The Morgan fingerprint density at radius 2 is 1.88 bits per heavy atom. The number of nitrogens with one attached hydrogen (secondary N) is 1. The Morgan fingerprint density at radius 3 is 2.50 bits per heavy atom. The van der Waals surface area contributed by atoms with E-state index in [9.17, 15) is 18.0 Å². The van der Waals surface area contributed by atoms with Crippen LogP contribution in [0.2, 0.25) is 0 Å². The molecule has 3 rings (SSSR count). The highest BCUT2D eigenvalue weighted by molar-refractivity contribution is 7.89. The first kappa shape index (κ1) is 18.6. The van der Waals surface area contributed by atoms with Crippen molar-refractivity contribution < 1.29 is 17.6 Å². The molecule has 10 heteroatoms. The molecular weight excluding hydrogens is 360 g/mol. The van der Waals surface area contributed by atoms with E-state index in [-0.39, 0.29) is 16.8 Å². The molecule has 0 radical (unpaired) electrons. The number of benzene rings is 1. The number of nitrogens with zero attached hydrogens (tertiary/aromatic N) is 3. The number of hydrogen-bond donors (Lipinski definition) is 1. The molecule has 1 aliphatic rings. The summed E-state index contributed by atoms with van der Waals surface area (Å²) in [4.78, 5) is 25.4. The molecule has 2 aromatic rings. The standard InChI is InChI=1S/C16H22N4O5S/c1-11(15(21)17-2)19-6-8-20(9-7-19)26(23,24)12-4-5-14-13(10-12)18(3)16(22)25-14/h4-5,10-11H,6-9H2,1-3H3,(H,17,21). The number of aromatic nitrogens is 1. The maximum absolute atomic E-state index is 12.9. The van der Waals surface area contributed by atoms with Crippen LogP contribution in [0.1, 0.15) is 6.92 Å². The molecule has 2 heterocycles. The minimum absolute atomic E-state index is 0.0902. The van der Waals surface area contributed by atoms with Crippen molar-refractivity contribution in [3.63, 3.8) is 0 Å². The molecule has 1 amide bonds. The van der Waals surface area contributed by atoms with Crippen molar-refractivity contribution in [3.8, 4) is 0 Å². The molecular formula is C16H22N4O5S. The number of hydrogen-bond acceptors (Lipinski definition) is 6. The number of amides is 1. The summed E-state index contributed by atoms with van der Waals surface area (Å²) >= 11 is 0. The second-order valence-corrected chi connectivity index (χ2v) is 8.22. The van der Waals surface area contributed by atoms with Crippen molar-refractivity contribution in [2.45, 2.75) is 17.9 Å². The van der Waals surface area contributed by atoms with E-state index in [2.05, 4.69) is 5.32 Å². The monoisotopic (exact) mass is 382 g/mol. The largest absolute Gasteiger partial charge is 0.419 e. The maximum atomic E-state index is 12.9. The molecule has 1 aromatic heterocycles. The van der Waals surface area contributed by atoms with Crippen LogP contribution in [0, 0.1) is 0 Å². The normalized spacial score (nSPS) is 18.1. The molecule has 9 nitrogen and oxygen atoms in total. The third kappa shape index (κ3) is 3.15. The number of carbonyl (C=O) groups excluding carboxylic acids is 1. The summed E-state index contributed by atoms with van der Waals surface area (Å²) in [6.45, 7) is 3.34. The first-order valence-corrected chi connectivity index (χ1v) is 9.75. The van der Waals surface area contributed by atoms with E-state index in [1.807, 2.05) is 4.90 Å². The zero-order chi connectivity index (χ0) is 19.1. The molecule has 0 bridgehead atoms. The summed E-state index contributed by atoms with van der Waals surface area (Å²) in [5, 5.41) is 2.60. The van der Waals surface area contributed by atoms with Gasteiger partial charge in [-0.05, 0) is 25.1 Å². The summed E-state index contributed by atoms with van der Waals surface area (Å²) in [7, 11) is -0.573. The summed E-state index contributed by atoms with van der Waals surface area (Å²) in [5.74, 6) is -0.626. The summed E-state index contributed by atoms with van der Waals surface area (Å²) in [5.41, 5.74) is 0.781. The number of likely N-dealkylation sites (N-methyl/N-ethyl adjacent to an activating group) is 1. The van der Waals surface area contributed by atoms with Gasteiger partial charge in [-0.2, -0.15) is 4.31 Å². The second kappa shape index (κ2) is 6.86. The first-order chi connectivity index (χ1) is 12.3. The third-order valence-electron chi connectivity index (χ3n) is 4.85. The number of aryl methyl sites for hydroxylation is 1. The van der Waals surface area contributed by atoms with Crippen molar-refractivity contribution >= 4 is 27.0 Å². The van der Waals surface area contributed by atoms with Gasteiger partial charge in [0.2, 0.25) is 15.9 Å². The number of fused-ring (bicyclic) bond motifs is 1. The molecule has 1 aromatic carbocycles. The van der Waals surface area contributed by atoms with Gasteiger partial charge in [0.1, 0.15) is 0 Å². The van der Waals surface area contributed by atoms with Crippen molar-refractivity contribution in [2.75, 3.05) is 33.2 Å². The Bertz CT molecular complexity index is 986. The summed E-state index contributed by atoms with van der Waals surface area (Å²) in [6.07, 6.45) is 0. The highest BCUT2D eigenvalue weighted by Gasteiger charge is 2.31. The lowest BCUT2D eigenvalue weighted by Crippen LogP contribution is -2.54. The van der Waals surface area contributed by atoms with Gasteiger partial charge in [0, 0.05) is 40.3 Å². The van der Waals surface area contributed by atoms with E-state index >= 15 is 0 Å². The van der Waals surface area contributed by atoms with Gasteiger partial charge < -0.3 is 9.73 Å². The predicted octanol–water partition coefficient (Wildman–Crippen LogP) is -0.428. The van der Waals surface area contributed by atoms with Gasteiger partial charge in [-0.15, -0.1) is 0 Å². The van der Waals surface area contributed by atoms with E-state index in [1.54, 1.807) is 14.0 Å². The van der Waals surface area contributed by atoms with Crippen LogP contribution in [-0.4, -0.2) is 67.4 Å². The van der Waals surface area contributed by atoms with Crippen LogP contribution >= 0.6 is 0 Å². The van der Waals surface area contributed by atoms with Gasteiger partial charge in [0.15, 0.2) is 5.58 Å². The number of oxazole rings is 1. The first-order valence-electron chi connectivity index (χ1n) is 8.31. The van der Waals surface area contributed by atoms with Crippen LogP contribution in [0.15, 0.2) is 32.3 Å². The zero-order valence-electron chi connectivity index (χ0n) is 14.9. The third-order valence-corrected chi connectivity index (χ3v) is 6.74. The molecule has 1 saturated heterocycles. The van der Waals surface area contributed by atoms with Gasteiger partial charge in [0.25, 0.3) is 0 Å². The molecule has 1 aliphatic heterocycles. The molecule has 0 spiro atoms. The molecule has 1 atom stereocenters. The Hall–Kier alpha value is -2.17. The molecule has 1 N–H and O–H groups in total. The average molecular weight is 382 g/mol. The van der Waals surface area contributed by atoms with Gasteiger partial charge in [-0.25, -0.2) is 13.2 Å². The predicted molar refractivity (Wildman–Crippen MR) is 95.3 cm³/mol. The topological polar surface area (TPSA) is 105 Å². The minimum Gasteiger partial charge on any atom is -0.408 e. The minimum atomic E-state index is -3.69. The second-order valence-electron chi connectivity index (χ2n) is 6.29. The number of sulfonamides is 1. The molecule has 142 valence electrons. The van der Waals surface area contributed by atoms with Crippen LogP contribution in [0.3, 0.4) is 0 Å². The highest BCUT2D eigenvalue weighted by atomic mass is 32.2. The van der Waals surface area contributed by atoms with Crippen molar-refractivity contribution in [1.29, 1.82) is 0 Å². The van der Waals surface area contributed by atoms with E-state index in [1.165, 1.54) is 34.1 Å². The lowest BCUT2D eigenvalue weighted by atomic mass is 10.2. The van der Waals surface area contributed by atoms with Crippen LogP contribution in [0.4, 0.5) is 0 Å². The van der Waals surface area contributed by atoms with Gasteiger partial charge in [-0.1, -0.05) is 0 Å². The molecule has 0 saturated carbocycles. The highest BCUT2D eigenvalue weighted by Crippen LogP contribution is 2.22. The van der Waals surface area contributed by atoms with E-state index in [0.717, 1.165) is 0 Å². The van der Waals surface area contributed by atoms with E-state index in [4.69, 9.17) is 4.42 Å². The van der Waals surface area contributed by atoms with Crippen LogP contribution in [0.5, 0.6) is 0 Å². The lowest BCUT2D eigenvalue weighted by Gasteiger charge is -2.36. The van der Waals surface area contributed by atoms with Crippen LogP contribution in [-0.2, 0) is 21.9 Å². The Balaban J connectivity index is 1.80. The van der Waals surface area contributed by atoms with Gasteiger partial charge in [-0.3, -0.25) is 14.3 Å². The summed E-state index contributed by atoms with van der Waals surface area (Å²) in [6, 6.07) is 4.09. The average Bonchev–Trinajstić information content (AvgIpc) is 2.94. The fraction of sp³-hybridized carbons (Fsp3) is 0.500. The van der Waals surface area contributed by atoms with Crippen LogP contribution < -0.4 is 11.1 Å². The molecule has 1 unspecified atom stereocenters. The van der Waals surface area contributed by atoms with Crippen LogP contribution in [0.25, 0.3) is 11.1 Å². The van der Waals surface area contributed by atoms with Gasteiger partial charge in [0.05, 0.1) is 16.5 Å². The fourth-order valence-corrected chi connectivity index (χ4v) is 4.56. The number of rotatable bonds is 4. The summed E-state index contributed by atoms with van der Waals surface area (Å²) < 4.78 is 33.6. The molecule has 26 heavy (non-hydrogen) atoms. The smallest absolute Gasteiger partial charge is 0.408 e. The SMILES string of the molecule is CNC(=O)C(C)N1CCN(S(=O)(=O)c2ccc3oc(=O)n(C)c3c2)CC1.